The first-order valence-corrected chi connectivity index (χ1v) is 7.17. The summed E-state index contributed by atoms with van der Waals surface area (Å²) in [6, 6.07) is 3.77. The van der Waals surface area contributed by atoms with Crippen molar-refractivity contribution in [3.05, 3.63) is 29.4 Å². The molecule has 2 N–H and O–H groups in total. The van der Waals surface area contributed by atoms with E-state index in [9.17, 15) is 4.79 Å². The van der Waals surface area contributed by atoms with Gasteiger partial charge in [0, 0.05) is 31.6 Å². The molecule has 21 heavy (non-hydrogen) atoms. The minimum Gasteiger partial charge on any atom is -0.368 e. The maximum atomic E-state index is 11.8. The molecular formula is C12H15ClN6OS. The van der Waals surface area contributed by atoms with Crippen LogP contribution in [0.2, 0.25) is 0 Å². The van der Waals surface area contributed by atoms with E-state index < -0.39 is 0 Å². The van der Waals surface area contributed by atoms with Gasteiger partial charge in [0.05, 0.1) is 11.9 Å². The molecule has 1 fully saturated rings. The number of amides is 1. The summed E-state index contributed by atoms with van der Waals surface area (Å²) < 4.78 is 3.66. The van der Waals surface area contributed by atoms with Crippen LogP contribution in [0.3, 0.4) is 0 Å². The van der Waals surface area contributed by atoms with Crippen molar-refractivity contribution in [2.24, 2.45) is 0 Å². The number of pyridine rings is 1. The minimum atomic E-state index is -0.291. The summed E-state index contributed by atoms with van der Waals surface area (Å²) in [5.74, 6) is 0.225. The fourth-order valence-corrected chi connectivity index (χ4v) is 2.45. The van der Waals surface area contributed by atoms with E-state index in [0.717, 1.165) is 43.4 Å². The van der Waals surface area contributed by atoms with Crippen LogP contribution in [0.4, 0.5) is 11.5 Å². The second kappa shape index (κ2) is 7.30. The first-order chi connectivity index (χ1) is 9.83. The fraction of sp³-hybridized carbons (Fsp3) is 0.333. The van der Waals surface area contributed by atoms with E-state index in [1.54, 1.807) is 17.6 Å². The number of piperazine rings is 1. The molecule has 7 nitrogen and oxygen atoms in total. The number of hydrogen-bond donors (Lipinski definition) is 2. The number of hydrogen-bond acceptors (Lipinski definition) is 7. The molecule has 3 rings (SSSR count). The van der Waals surface area contributed by atoms with Crippen molar-refractivity contribution in [1.82, 2.24) is 19.9 Å². The molecule has 0 saturated carbocycles. The Hall–Kier alpha value is -1.77. The topological polar surface area (TPSA) is 83.0 Å². The lowest BCUT2D eigenvalue weighted by atomic mass is 10.3. The summed E-state index contributed by atoms with van der Waals surface area (Å²) in [6.07, 6.45) is 1.78. The molecule has 0 aliphatic carbocycles. The van der Waals surface area contributed by atoms with Gasteiger partial charge < -0.3 is 15.5 Å². The third-order valence-electron chi connectivity index (χ3n) is 3.06. The van der Waals surface area contributed by atoms with Crippen LogP contribution in [-0.4, -0.2) is 46.7 Å². The molecule has 1 aliphatic rings. The largest absolute Gasteiger partial charge is 0.368 e. The van der Waals surface area contributed by atoms with Crippen molar-refractivity contribution < 1.29 is 4.79 Å². The molecule has 1 amide bonds. The van der Waals surface area contributed by atoms with Crippen molar-refractivity contribution >= 4 is 41.4 Å². The van der Waals surface area contributed by atoms with Crippen LogP contribution in [0.25, 0.3) is 0 Å². The van der Waals surface area contributed by atoms with Gasteiger partial charge in [-0.3, -0.25) is 4.79 Å². The normalized spacial score (nSPS) is 14.4. The Morgan fingerprint density at radius 1 is 1.33 bits per heavy atom. The van der Waals surface area contributed by atoms with E-state index in [1.807, 2.05) is 6.07 Å². The van der Waals surface area contributed by atoms with Gasteiger partial charge in [-0.15, -0.1) is 17.5 Å². The lowest BCUT2D eigenvalue weighted by Crippen LogP contribution is -2.43. The maximum absolute atomic E-state index is 11.8. The number of rotatable bonds is 3. The number of carbonyl (C=O) groups is 1. The molecular weight excluding hydrogens is 312 g/mol. The maximum Gasteiger partial charge on any atom is 0.278 e. The highest BCUT2D eigenvalue weighted by molar-refractivity contribution is 7.03. The van der Waals surface area contributed by atoms with Crippen molar-refractivity contribution in [3.63, 3.8) is 0 Å². The minimum absolute atomic E-state index is 0. The van der Waals surface area contributed by atoms with Gasteiger partial charge >= 0.3 is 0 Å². The standard InChI is InChI=1S/C12H14N6OS.ClH/c19-12(10-8-20-17-16-10)15-11-2-1-9(7-14-11)18-5-3-13-4-6-18;/h1-2,7-8,13H,3-6H2,(H,14,15,19);1H. The molecule has 2 aromatic heterocycles. The monoisotopic (exact) mass is 326 g/mol. The summed E-state index contributed by atoms with van der Waals surface area (Å²) in [6.45, 7) is 3.90. The third kappa shape index (κ3) is 3.87. The highest BCUT2D eigenvalue weighted by atomic mass is 35.5. The molecule has 9 heteroatoms. The van der Waals surface area contributed by atoms with Crippen molar-refractivity contribution in [2.75, 3.05) is 36.4 Å². The highest BCUT2D eigenvalue weighted by Crippen LogP contribution is 2.16. The predicted molar refractivity (Wildman–Crippen MR) is 84.4 cm³/mol. The first-order valence-electron chi connectivity index (χ1n) is 6.33. The van der Waals surface area contributed by atoms with E-state index in [1.165, 1.54) is 0 Å². The zero-order chi connectivity index (χ0) is 13.8. The molecule has 0 bridgehead atoms. The SMILES string of the molecule is Cl.O=C(Nc1ccc(N2CCNCC2)cn1)c1csnn1. The predicted octanol–water partition coefficient (Wildman–Crippen LogP) is 1.02. The Balaban J connectivity index is 0.00000161. The molecule has 0 unspecified atom stereocenters. The molecule has 1 aliphatic heterocycles. The van der Waals surface area contributed by atoms with Crippen LogP contribution in [0.5, 0.6) is 0 Å². The third-order valence-corrected chi connectivity index (χ3v) is 3.57. The molecule has 0 spiro atoms. The van der Waals surface area contributed by atoms with Crippen molar-refractivity contribution in [3.8, 4) is 0 Å². The van der Waals surface area contributed by atoms with Crippen LogP contribution >= 0.6 is 23.9 Å². The molecule has 3 heterocycles. The second-order valence-electron chi connectivity index (χ2n) is 4.38. The van der Waals surface area contributed by atoms with Crippen LogP contribution in [0, 0.1) is 0 Å². The van der Waals surface area contributed by atoms with Crippen LogP contribution in [-0.2, 0) is 0 Å². The Labute approximate surface area is 132 Å². The van der Waals surface area contributed by atoms with Gasteiger partial charge in [0.25, 0.3) is 5.91 Å². The summed E-state index contributed by atoms with van der Waals surface area (Å²) >= 11 is 1.14. The van der Waals surface area contributed by atoms with E-state index in [4.69, 9.17) is 0 Å². The molecule has 0 radical (unpaired) electrons. The first kappa shape index (κ1) is 15.6. The summed E-state index contributed by atoms with van der Waals surface area (Å²) in [5, 5.41) is 11.3. The smallest absolute Gasteiger partial charge is 0.278 e. The lowest BCUT2D eigenvalue weighted by Gasteiger charge is -2.29. The Morgan fingerprint density at radius 3 is 2.76 bits per heavy atom. The summed E-state index contributed by atoms with van der Waals surface area (Å²) in [5.41, 5.74) is 1.38. The Kier molecular flexibility index (Phi) is 5.43. The van der Waals surface area contributed by atoms with Crippen LogP contribution < -0.4 is 15.5 Å². The van der Waals surface area contributed by atoms with E-state index in [0.29, 0.717) is 11.5 Å². The molecule has 2 aromatic rings. The van der Waals surface area contributed by atoms with E-state index >= 15 is 0 Å². The van der Waals surface area contributed by atoms with Gasteiger partial charge in [-0.2, -0.15) is 0 Å². The fourth-order valence-electron chi connectivity index (χ4n) is 2.01. The van der Waals surface area contributed by atoms with E-state index in [2.05, 4.69) is 30.1 Å². The lowest BCUT2D eigenvalue weighted by molar-refractivity contribution is 0.102. The molecule has 0 atom stereocenters. The van der Waals surface area contributed by atoms with Gasteiger partial charge in [-0.1, -0.05) is 4.49 Å². The quantitative estimate of drug-likeness (QED) is 0.876. The summed E-state index contributed by atoms with van der Waals surface area (Å²) in [7, 11) is 0. The van der Waals surface area contributed by atoms with Crippen LogP contribution in [0.15, 0.2) is 23.7 Å². The number of nitrogens with one attached hydrogen (secondary N) is 2. The van der Waals surface area contributed by atoms with Crippen molar-refractivity contribution in [2.45, 2.75) is 0 Å². The van der Waals surface area contributed by atoms with Crippen molar-refractivity contribution in [1.29, 1.82) is 0 Å². The Morgan fingerprint density at radius 2 is 2.14 bits per heavy atom. The molecule has 0 aromatic carbocycles. The second-order valence-corrected chi connectivity index (χ2v) is 4.99. The summed E-state index contributed by atoms with van der Waals surface area (Å²) in [4.78, 5) is 18.3. The Bertz CT molecular complexity index is 570. The number of anilines is 2. The number of carbonyl (C=O) groups excluding carboxylic acids is 1. The average molecular weight is 327 g/mol. The molecule has 112 valence electrons. The number of aromatic nitrogens is 3. The van der Waals surface area contributed by atoms with E-state index in [-0.39, 0.29) is 18.3 Å². The average Bonchev–Trinajstić information content (AvgIpc) is 3.03. The van der Waals surface area contributed by atoms with Gasteiger partial charge in [-0.25, -0.2) is 4.98 Å². The van der Waals surface area contributed by atoms with Gasteiger partial charge in [0.1, 0.15) is 5.82 Å². The number of nitrogens with zero attached hydrogens (tertiary/aromatic N) is 4. The van der Waals surface area contributed by atoms with Gasteiger partial charge in [0.2, 0.25) is 0 Å². The zero-order valence-corrected chi connectivity index (χ0v) is 12.8. The zero-order valence-electron chi connectivity index (χ0n) is 11.2. The van der Waals surface area contributed by atoms with Gasteiger partial charge in [-0.05, 0) is 23.7 Å². The highest BCUT2D eigenvalue weighted by Gasteiger charge is 2.12. The number of halogens is 1. The van der Waals surface area contributed by atoms with Gasteiger partial charge in [0.15, 0.2) is 5.69 Å². The molecule has 1 saturated heterocycles. The van der Waals surface area contributed by atoms with Crippen LogP contribution in [0.1, 0.15) is 10.5 Å².